The molecule has 0 aromatic heterocycles. The zero-order valence-corrected chi connectivity index (χ0v) is 15.4. The maximum Gasteiger partial charge on any atom is 0.234 e. The lowest BCUT2D eigenvalue weighted by atomic mass is 9.95. The van der Waals surface area contributed by atoms with E-state index in [0.717, 1.165) is 51.2 Å². The number of carbonyl (C=O) groups is 1. The van der Waals surface area contributed by atoms with E-state index < -0.39 is 0 Å². The molecule has 0 atom stereocenters. The Morgan fingerprint density at radius 1 is 1.04 bits per heavy atom. The summed E-state index contributed by atoms with van der Waals surface area (Å²) in [5.74, 6) is 1.09. The van der Waals surface area contributed by atoms with Crippen molar-refractivity contribution in [1.29, 1.82) is 0 Å². The second-order valence-corrected chi connectivity index (χ2v) is 7.22. The van der Waals surface area contributed by atoms with Gasteiger partial charge in [0, 0.05) is 37.9 Å². The van der Waals surface area contributed by atoms with E-state index in [1.165, 1.54) is 24.9 Å². The molecule has 1 amide bonds. The van der Waals surface area contributed by atoms with Crippen LogP contribution >= 0.6 is 0 Å². The minimum Gasteiger partial charge on any atom is -0.497 e. The van der Waals surface area contributed by atoms with Crippen LogP contribution in [0.5, 0.6) is 5.75 Å². The Balaban J connectivity index is 1.46. The monoisotopic (exact) mass is 345 g/mol. The number of hydrogen-bond donors (Lipinski definition) is 1. The SMILES string of the molecule is COc1ccc(N2CCCN(CC(=O)NC3CCCCC3)CC2)cc1. The highest BCUT2D eigenvalue weighted by atomic mass is 16.5. The smallest absolute Gasteiger partial charge is 0.234 e. The number of anilines is 1. The first-order chi connectivity index (χ1) is 12.2. The Kier molecular flexibility index (Phi) is 6.56. The predicted octanol–water partition coefficient (Wildman–Crippen LogP) is 2.66. The van der Waals surface area contributed by atoms with Gasteiger partial charge in [0.25, 0.3) is 0 Å². The number of amides is 1. The average molecular weight is 345 g/mol. The lowest BCUT2D eigenvalue weighted by Gasteiger charge is -2.26. The van der Waals surface area contributed by atoms with E-state index in [-0.39, 0.29) is 5.91 Å². The Hall–Kier alpha value is -1.75. The van der Waals surface area contributed by atoms with Gasteiger partial charge in [0.05, 0.1) is 13.7 Å². The van der Waals surface area contributed by atoms with E-state index in [1.54, 1.807) is 7.11 Å². The largest absolute Gasteiger partial charge is 0.497 e. The van der Waals surface area contributed by atoms with Gasteiger partial charge in [-0.15, -0.1) is 0 Å². The van der Waals surface area contributed by atoms with Crippen LogP contribution in [0, 0.1) is 0 Å². The molecule has 1 aliphatic heterocycles. The zero-order chi connectivity index (χ0) is 17.5. The van der Waals surface area contributed by atoms with Crippen molar-refractivity contribution < 1.29 is 9.53 Å². The number of methoxy groups -OCH3 is 1. The molecule has 2 fully saturated rings. The van der Waals surface area contributed by atoms with Crippen LogP contribution in [-0.4, -0.2) is 56.7 Å². The number of rotatable bonds is 5. The van der Waals surface area contributed by atoms with E-state index >= 15 is 0 Å². The Morgan fingerprint density at radius 3 is 2.52 bits per heavy atom. The number of carbonyl (C=O) groups excluding carboxylic acids is 1. The molecule has 1 aromatic rings. The molecule has 5 nitrogen and oxygen atoms in total. The minimum absolute atomic E-state index is 0.199. The van der Waals surface area contributed by atoms with Gasteiger partial charge in [0.15, 0.2) is 0 Å². The first-order valence-corrected chi connectivity index (χ1v) is 9.65. The first-order valence-electron chi connectivity index (χ1n) is 9.65. The van der Waals surface area contributed by atoms with Gasteiger partial charge in [-0.1, -0.05) is 19.3 Å². The van der Waals surface area contributed by atoms with Gasteiger partial charge in [0.2, 0.25) is 5.91 Å². The number of ether oxygens (including phenoxy) is 1. The van der Waals surface area contributed by atoms with Crippen molar-refractivity contribution in [3.8, 4) is 5.75 Å². The molecule has 1 aliphatic carbocycles. The summed E-state index contributed by atoms with van der Waals surface area (Å²) in [5, 5.41) is 3.23. The van der Waals surface area contributed by atoms with Crippen LogP contribution in [0.1, 0.15) is 38.5 Å². The summed E-state index contributed by atoms with van der Waals surface area (Å²) < 4.78 is 5.23. The van der Waals surface area contributed by atoms with Crippen molar-refractivity contribution >= 4 is 11.6 Å². The van der Waals surface area contributed by atoms with E-state index in [2.05, 4.69) is 27.2 Å². The molecule has 1 aromatic carbocycles. The Labute approximate surface area is 151 Å². The molecule has 1 saturated heterocycles. The summed E-state index contributed by atoms with van der Waals surface area (Å²) >= 11 is 0. The molecule has 2 aliphatic rings. The summed E-state index contributed by atoms with van der Waals surface area (Å²) in [6.07, 6.45) is 7.22. The summed E-state index contributed by atoms with van der Waals surface area (Å²) in [5.41, 5.74) is 1.23. The number of benzene rings is 1. The Morgan fingerprint density at radius 2 is 1.80 bits per heavy atom. The van der Waals surface area contributed by atoms with E-state index in [4.69, 9.17) is 4.74 Å². The molecule has 1 heterocycles. The van der Waals surface area contributed by atoms with Gasteiger partial charge >= 0.3 is 0 Å². The van der Waals surface area contributed by atoms with Crippen LogP contribution in [-0.2, 0) is 4.79 Å². The van der Waals surface area contributed by atoms with Crippen LogP contribution in [0.25, 0.3) is 0 Å². The molecular formula is C20H31N3O2. The van der Waals surface area contributed by atoms with E-state index in [9.17, 15) is 4.79 Å². The number of hydrogen-bond acceptors (Lipinski definition) is 4. The highest BCUT2D eigenvalue weighted by Gasteiger charge is 2.20. The van der Waals surface area contributed by atoms with Crippen LogP contribution < -0.4 is 15.0 Å². The van der Waals surface area contributed by atoms with Crippen molar-refractivity contribution in [2.45, 2.75) is 44.6 Å². The van der Waals surface area contributed by atoms with Gasteiger partial charge in [-0.2, -0.15) is 0 Å². The number of nitrogens with one attached hydrogen (secondary N) is 1. The highest BCUT2D eigenvalue weighted by Crippen LogP contribution is 2.21. The molecule has 138 valence electrons. The second-order valence-electron chi connectivity index (χ2n) is 7.22. The zero-order valence-electron chi connectivity index (χ0n) is 15.4. The van der Waals surface area contributed by atoms with Gasteiger partial charge in [-0.25, -0.2) is 0 Å². The number of nitrogens with zero attached hydrogens (tertiary/aromatic N) is 2. The molecule has 0 bridgehead atoms. The third kappa shape index (κ3) is 5.36. The third-order valence-corrected chi connectivity index (χ3v) is 5.36. The Bertz CT molecular complexity index is 540. The van der Waals surface area contributed by atoms with E-state index in [1.807, 2.05) is 12.1 Å². The fraction of sp³-hybridized carbons (Fsp3) is 0.650. The fourth-order valence-corrected chi connectivity index (χ4v) is 3.90. The molecular weight excluding hydrogens is 314 g/mol. The molecule has 5 heteroatoms. The highest BCUT2D eigenvalue weighted by molar-refractivity contribution is 5.78. The third-order valence-electron chi connectivity index (χ3n) is 5.36. The van der Waals surface area contributed by atoms with Gasteiger partial charge in [0.1, 0.15) is 5.75 Å². The van der Waals surface area contributed by atoms with Gasteiger partial charge in [-0.3, -0.25) is 9.69 Å². The minimum atomic E-state index is 0.199. The quantitative estimate of drug-likeness (QED) is 0.891. The van der Waals surface area contributed by atoms with Crippen molar-refractivity contribution in [3.63, 3.8) is 0 Å². The summed E-state index contributed by atoms with van der Waals surface area (Å²) in [6, 6.07) is 8.66. The van der Waals surface area contributed by atoms with Crippen LogP contribution in [0.4, 0.5) is 5.69 Å². The molecule has 0 radical (unpaired) electrons. The van der Waals surface area contributed by atoms with Crippen molar-refractivity contribution in [2.24, 2.45) is 0 Å². The maximum absolute atomic E-state index is 12.3. The van der Waals surface area contributed by atoms with Crippen LogP contribution in [0.3, 0.4) is 0 Å². The average Bonchev–Trinajstić information content (AvgIpc) is 2.88. The van der Waals surface area contributed by atoms with Crippen molar-refractivity contribution in [1.82, 2.24) is 10.2 Å². The molecule has 1 saturated carbocycles. The maximum atomic E-state index is 12.3. The lowest BCUT2D eigenvalue weighted by Crippen LogP contribution is -2.43. The summed E-state index contributed by atoms with van der Waals surface area (Å²) in [6.45, 7) is 4.46. The van der Waals surface area contributed by atoms with Gasteiger partial charge < -0.3 is 15.0 Å². The van der Waals surface area contributed by atoms with Crippen LogP contribution in [0.15, 0.2) is 24.3 Å². The molecule has 0 unspecified atom stereocenters. The van der Waals surface area contributed by atoms with E-state index in [0.29, 0.717) is 12.6 Å². The predicted molar refractivity (Wildman–Crippen MR) is 101 cm³/mol. The van der Waals surface area contributed by atoms with Gasteiger partial charge in [-0.05, 0) is 43.5 Å². The van der Waals surface area contributed by atoms with Crippen LogP contribution in [0.2, 0.25) is 0 Å². The normalized spacial score (nSPS) is 20.1. The lowest BCUT2D eigenvalue weighted by molar-refractivity contribution is -0.123. The topological polar surface area (TPSA) is 44.8 Å². The molecule has 3 rings (SSSR count). The molecule has 25 heavy (non-hydrogen) atoms. The summed E-state index contributed by atoms with van der Waals surface area (Å²) in [7, 11) is 1.69. The standard InChI is InChI=1S/C20H31N3O2/c1-25-19-10-8-18(9-11-19)23-13-5-12-22(14-15-23)16-20(24)21-17-6-3-2-4-7-17/h8-11,17H,2-7,12-16H2,1H3,(H,21,24). The first kappa shape index (κ1) is 18.1. The van der Waals surface area contributed by atoms with Crippen molar-refractivity contribution in [2.75, 3.05) is 44.7 Å². The molecule has 0 spiro atoms. The fourth-order valence-electron chi connectivity index (χ4n) is 3.90. The summed E-state index contributed by atoms with van der Waals surface area (Å²) in [4.78, 5) is 17.0. The van der Waals surface area contributed by atoms with Crippen molar-refractivity contribution in [3.05, 3.63) is 24.3 Å². The second kappa shape index (κ2) is 9.09. The molecule has 1 N–H and O–H groups in total.